The molecule has 0 radical (unpaired) electrons. The Morgan fingerprint density at radius 3 is 2.52 bits per heavy atom. The quantitative estimate of drug-likeness (QED) is 0.635. The lowest BCUT2D eigenvalue weighted by atomic mass is 10.1. The van der Waals surface area contributed by atoms with Crippen LogP contribution in [0.2, 0.25) is 0 Å². The number of rotatable bonds is 8. The molecule has 1 N–H and O–H groups in total. The summed E-state index contributed by atoms with van der Waals surface area (Å²) < 4.78 is 12.4. The number of nitrogens with one attached hydrogen (secondary N) is 1. The maximum Gasteiger partial charge on any atom is 0.270 e. The van der Waals surface area contributed by atoms with Crippen LogP contribution in [-0.2, 0) is 6.42 Å². The van der Waals surface area contributed by atoms with Crippen molar-refractivity contribution in [3.8, 4) is 17.2 Å². The Kier molecular flexibility index (Phi) is 5.51. The van der Waals surface area contributed by atoms with Crippen LogP contribution in [0.4, 0.5) is 0 Å². The van der Waals surface area contributed by atoms with Crippen molar-refractivity contribution in [1.29, 1.82) is 0 Å². The highest BCUT2D eigenvalue weighted by Gasteiger charge is 2.29. The van der Waals surface area contributed by atoms with Crippen molar-refractivity contribution >= 4 is 5.91 Å². The Morgan fingerprint density at radius 1 is 1.07 bits per heavy atom. The van der Waals surface area contributed by atoms with Crippen LogP contribution < -0.4 is 14.8 Å². The summed E-state index contributed by atoms with van der Waals surface area (Å²) in [4.78, 5) is 12.9. The average molecular weight is 391 g/mol. The second-order valence-electron chi connectivity index (χ2n) is 7.17. The van der Waals surface area contributed by atoms with Gasteiger partial charge in [0.05, 0.1) is 25.6 Å². The lowest BCUT2D eigenvalue weighted by Gasteiger charge is -2.11. The third kappa shape index (κ3) is 4.26. The summed E-state index contributed by atoms with van der Waals surface area (Å²) in [5.41, 5.74) is 3.53. The van der Waals surface area contributed by atoms with Gasteiger partial charge in [-0.05, 0) is 55.2 Å². The first-order valence-electron chi connectivity index (χ1n) is 9.84. The summed E-state index contributed by atoms with van der Waals surface area (Å²) in [5.74, 6) is 1.75. The molecule has 1 heterocycles. The molecule has 2 aromatic carbocycles. The van der Waals surface area contributed by atoms with E-state index < -0.39 is 0 Å². The minimum Gasteiger partial charge on any atom is -0.493 e. The first kappa shape index (κ1) is 19.1. The fourth-order valence-electron chi connectivity index (χ4n) is 3.35. The summed E-state index contributed by atoms with van der Waals surface area (Å²) in [7, 11) is 3.23. The largest absolute Gasteiger partial charge is 0.493 e. The molecule has 1 aliphatic carbocycles. The van der Waals surface area contributed by atoms with E-state index in [1.807, 2.05) is 54.6 Å². The molecule has 1 saturated carbocycles. The molecule has 3 aromatic rings. The topological polar surface area (TPSA) is 65.4 Å². The second-order valence-corrected chi connectivity index (χ2v) is 7.17. The molecular formula is C23H25N3O3. The molecule has 29 heavy (non-hydrogen) atoms. The van der Waals surface area contributed by atoms with Crippen molar-refractivity contribution < 1.29 is 14.3 Å². The zero-order valence-electron chi connectivity index (χ0n) is 16.7. The summed E-state index contributed by atoms with van der Waals surface area (Å²) >= 11 is 0. The van der Waals surface area contributed by atoms with E-state index in [-0.39, 0.29) is 5.91 Å². The third-order valence-electron chi connectivity index (χ3n) is 5.10. The van der Waals surface area contributed by atoms with Crippen molar-refractivity contribution in [3.63, 3.8) is 0 Å². The highest BCUT2D eigenvalue weighted by molar-refractivity contribution is 5.93. The van der Waals surface area contributed by atoms with Gasteiger partial charge < -0.3 is 14.8 Å². The molecule has 6 nitrogen and oxygen atoms in total. The molecule has 0 unspecified atom stereocenters. The first-order chi connectivity index (χ1) is 14.2. The van der Waals surface area contributed by atoms with Crippen LogP contribution in [0.25, 0.3) is 5.69 Å². The van der Waals surface area contributed by atoms with Crippen LogP contribution in [0, 0.1) is 0 Å². The molecular weight excluding hydrogens is 366 g/mol. The highest BCUT2D eigenvalue weighted by atomic mass is 16.5. The number of amides is 1. The van der Waals surface area contributed by atoms with E-state index in [1.165, 1.54) is 0 Å². The Balaban J connectivity index is 1.46. The van der Waals surface area contributed by atoms with Gasteiger partial charge in [-0.25, -0.2) is 4.68 Å². The molecule has 0 spiro atoms. The van der Waals surface area contributed by atoms with Crippen molar-refractivity contribution in [2.45, 2.75) is 25.2 Å². The number of aromatic nitrogens is 2. The van der Waals surface area contributed by atoms with Crippen LogP contribution in [0.15, 0.2) is 54.6 Å². The van der Waals surface area contributed by atoms with Gasteiger partial charge in [0.15, 0.2) is 11.5 Å². The number of nitrogens with zero attached hydrogens (tertiary/aromatic N) is 2. The van der Waals surface area contributed by atoms with E-state index in [1.54, 1.807) is 18.9 Å². The average Bonchev–Trinajstić information content (AvgIpc) is 3.52. The minimum absolute atomic E-state index is 0.117. The summed E-state index contributed by atoms with van der Waals surface area (Å²) in [6.45, 7) is 0.521. The molecule has 6 heteroatoms. The van der Waals surface area contributed by atoms with Gasteiger partial charge in [-0.1, -0.05) is 24.3 Å². The number of carbonyl (C=O) groups is 1. The molecule has 1 fully saturated rings. The molecule has 0 aliphatic heterocycles. The number of benzene rings is 2. The van der Waals surface area contributed by atoms with E-state index in [4.69, 9.17) is 14.6 Å². The Hall–Kier alpha value is -3.28. The predicted molar refractivity (Wildman–Crippen MR) is 111 cm³/mol. The fourth-order valence-corrected chi connectivity index (χ4v) is 3.35. The van der Waals surface area contributed by atoms with Crippen molar-refractivity contribution in [2.75, 3.05) is 20.8 Å². The second kappa shape index (κ2) is 8.39. The fraction of sp³-hybridized carbons (Fsp3) is 0.304. The number of ether oxygens (including phenoxy) is 2. The van der Waals surface area contributed by atoms with Crippen LogP contribution in [-0.4, -0.2) is 36.5 Å². The van der Waals surface area contributed by atoms with E-state index >= 15 is 0 Å². The van der Waals surface area contributed by atoms with E-state index in [0.29, 0.717) is 36.1 Å². The molecule has 0 bridgehead atoms. The maximum atomic E-state index is 12.9. The van der Waals surface area contributed by atoms with E-state index in [0.717, 1.165) is 29.8 Å². The molecule has 1 amide bonds. The Morgan fingerprint density at radius 2 is 1.83 bits per heavy atom. The van der Waals surface area contributed by atoms with E-state index in [9.17, 15) is 4.79 Å². The maximum absolute atomic E-state index is 12.9. The molecule has 4 rings (SSSR count). The number of hydrogen-bond donors (Lipinski definition) is 1. The van der Waals surface area contributed by atoms with Crippen LogP contribution >= 0.6 is 0 Å². The molecule has 1 aromatic heterocycles. The van der Waals surface area contributed by atoms with Gasteiger partial charge >= 0.3 is 0 Å². The number of carbonyl (C=O) groups excluding carboxylic acids is 1. The normalized spacial score (nSPS) is 13.2. The SMILES string of the molecule is COc1ccc(CCNC(=O)c2cc(C3CC3)nn2-c2ccccc2)cc1OC. The summed E-state index contributed by atoms with van der Waals surface area (Å²) in [6.07, 6.45) is 2.99. The molecule has 0 saturated heterocycles. The lowest BCUT2D eigenvalue weighted by molar-refractivity contribution is 0.0946. The molecule has 1 aliphatic rings. The summed E-state index contributed by atoms with van der Waals surface area (Å²) in [5, 5.41) is 7.72. The Bertz CT molecular complexity index is 994. The van der Waals surface area contributed by atoms with Gasteiger partial charge in [-0.2, -0.15) is 5.10 Å². The monoisotopic (exact) mass is 391 g/mol. The van der Waals surface area contributed by atoms with E-state index in [2.05, 4.69) is 5.32 Å². The minimum atomic E-state index is -0.117. The summed E-state index contributed by atoms with van der Waals surface area (Å²) in [6, 6.07) is 17.5. The van der Waals surface area contributed by atoms with Gasteiger partial charge in [0, 0.05) is 12.5 Å². The first-order valence-corrected chi connectivity index (χ1v) is 9.84. The zero-order valence-corrected chi connectivity index (χ0v) is 16.7. The third-order valence-corrected chi connectivity index (χ3v) is 5.10. The zero-order chi connectivity index (χ0) is 20.2. The number of hydrogen-bond acceptors (Lipinski definition) is 4. The molecule has 150 valence electrons. The highest BCUT2D eigenvalue weighted by Crippen LogP contribution is 2.39. The van der Waals surface area contributed by atoms with Gasteiger partial charge in [0.1, 0.15) is 5.69 Å². The predicted octanol–water partition coefficient (Wildman–Crippen LogP) is 3.74. The van der Waals surface area contributed by atoms with Crippen molar-refractivity contribution in [1.82, 2.24) is 15.1 Å². The molecule has 0 atom stereocenters. The standard InChI is InChI=1S/C23H25N3O3/c1-28-21-11-8-16(14-22(21)29-2)12-13-24-23(27)20-15-19(17-9-10-17)25-26(20)18-6-4-3-5-7-18/h3-8,11,14-15,17H,9-10,12-13H2,1-2H3,(H,24,27). The van der Waals surface area contributed by atoms with Crippen molar-refractivity contribution in [3.05, 3.63) is 71.5 Å². The Labute approximate surface area is 170 Å². The van der Waals surface area contributed by atoms with Crippen LogP contribution in [0.5, 0.6) is 11.5 Å². The van der Waals surface area contributed by atoms with Gasteiger partial charge in [0.25, 0.3) is 5.91 Å². The van der Waals surface area contributed by atoms with Crippen LogP contribution in [0.3, 0.4) is 0 Å². The number of para-hydroxylation sites is 1. The smallest absolute Gasteiger partial charge is 0.270 e. The van der Waals surface area contributed by atoms with Crippen LogP contribution in [0.1, 0.15) is 40.5 Å². The van der Waals surface area contributed by atoms with Gasteiger partial charge in [-0.3, -0.25) is 4.79 Å². The van der Waals surface area contributed by atoms with Gasteiger partial charge in [-0.15, -0.1) is 0 Å². The number of methoxy groups -OCH3 is 2. The van der Waals surface area contributed by atoms with Gasteiger partial charge in [0.2, 0.25) is 0 Å². The lowest BCUT2D eigenvalue weighted by Crippen LogP contribution is -2.27. The van der Waals surface area contributed by atoms with Crippen molar-refractivity contribution in [2.24, 2.45) is 0 Å².